The summed E-state index contributed by atoms with van der Waals surface area (Å²) in [4.78, 5) is 0. The van der Waals surface area contributed by atoms with Gasteiger partial charge in [0.1, 0.15) is 0 Å². The van der Waals surface area contributed by atoms with Gasteiger partial charge in [-0.05, 0) is 51.4 Å². The third-order valence-electron chi connectivity index (χ3n) is 6.24. The summed E-state index contributed by atoms with van der Waals surface area (Å²) in [6, 6.07) is 0. The van der Waals surface area contributed by atoms with Crippen molar-refractivity contribution in [3.8, 4) is 0 Å². The first-order valence-corrected chi connectivity index (χ1v) is 8.50. The Balaban J connectivity index is 1.69. The topological polar surface area (TPSA) is 38.7 Å². The molecule has 3 nitrogen and oxygen atoms in total. The zero-order valence-electron chi connectivity index (χ0n) is 13.2. The Morgan fingerprint density at radius 3 is 2.40 bits per heavy atom. The van der Waals surface area contributed by atoms with Crippen molar-refractivity contribution in [3.63, 3.8) is 0 Å². The average molecular weight is 282 g/mol. The molecule has 2 heterocycles. The van der Waals surface area contributed by atoms with Crippen LogP contribution in [-0.4, -0.2) is 35.6 Å². The summed E-state index contributed by atoms with van der Waals surface area (Å²) in [6.07, 6.45) is 7.25. The van der Waals surface area contributed by atoms with Crippen LogP contribution in [0.3, 0.4) is 0 Å². The maximum absolute atomic E-state index is 10.9. The molecule has 0 aromatic heterocycles. The molecule has 1 saturated carbocycles. The van der Waals surface area contributed by atoms with Crippen molar-refractivity contribution < 1.29 is 14.6 Å². The van der Waals surface area contributed by atoms with Crippen molar-refractivity contribution in [1.29, 1.82) is 0 Å². The molecule has 0 amide bonds. The predicted octanol–water partition coefficient (Wildman–Crippen LogP) is 3.15. The van der Waals surface area contributed by atoms with E-state index in [0.717, 1.165) is 19.4 Å². The molecule has 3 fully saturated rings. The lowest BCUT2D eigenvalue weighted by molar-refractivity contribution is -0.124. The van der Waals surface area contributed by atoms with E-state index in [4.69, 9.17) is 9.47 Å². The largest absolute Gasteiger partial charge is 0.392 e. The van der Waals surface area contributed by atoms with E-state index in [9.17, 15) is 5.11 Å². The van der Waals surface area contributed by atoms with Crippen LogP contribution in [-0.2, 0) is 9.47 Å². The van der Waals surface area contributed by atoms with Gasteiger partial charge in [-0.1, -0.05) is 19.8 Å². The molecule has 1 N–H and O–H groups in total. The fourth-order valence-corrected chi connectivity index (χ4v) is 4.92. The summed E-state index contributed by atoms with van der Waals surface area (Å²) in [5.74, 6) is 1.12. The molecule has 3 heteroatoms. The molecule has 0 radical (unpaired) electrons. The number of hydrogen-bond donors (Lipinski definition) is 1. The summed E-state index contributed by atoms with van der Waals surface area (Å²) in [5, 5.41) is 10.9. The van der Waals surface area contributed by atoms with Gasteiger partial charge in [0.05, 0.1) is 23.9 Å². The summed E-state index contributed by atoms with van der Waals surface area (Å²) >= 11 is 0. The number of ether oxygens (including phenoxy) is 2. The predicted molar refractivity (Wildman–Crippen MR) is 78.5 cm³/mol. The van der Waals surface area contributed by atoms with E-state index in [2.05, 4.69) is 20.8 Å². The Morgan fingerprint density at radius 2 is 1.80 bits per heavy atom. The van der Waals surface area contributed by atoms with Crippen LogP contribution in [0.25, 0.3) is 0 Å². The zero-order valence-corrected chi connectivity index (χ0v) is 13.2. The first-order chi connectivity index (χ1) is 9.52. The molecule has 6 atom stereocenters. The molecule has 6 unspecified atom stereocenters. The van der Waals surface area contributed by atoms with Gasteiger partial charge < -0.3 is 14.6 Å². The summed E-state index contributed by atoms with van der Waals surface area (Å²) in [5.41, 5.74) is 0.0987. The lowest BCUT2D eigenvalue weighted by Gasteiger charge is -2.42. The highest BCUT2D eigenvalue weighted by atomic mass is 16.5. The Kier molecular flexibility index (Phi) is 4.13. The zero-order chi connectivity index (χ0) is 14.3. The average Bonchev–Trinajstić information content (AvgIpc) is 2.95. The van der Waals surface area contributed by atoms with Crippen LogP contribution in [0.1, 0.15) is 59.3 Å². The van der Waals surface area contributed by atoms with Gasteiger partial charge in [0.25, 0.3) is 0 Å². The summed E-state index contributed by atoms with van der Waals surface area (Å²) in [7, 11) is 0. The van der Waals surface area contributed by atoms with E-state index < -0.39 is 0 Å². The molecule has 3 aliphatic rings. The SMILES string of the molecule is CC1OC(C)C(C(O)C2CCOC3(CCCC3)C2)C1C. The van der Waals surface area contributed by atoms with Gasteiger partial charge in [-0.25, -0.2) is 0 Å². The Bertz CT molecular complexity index is 337. The maximum atomic E-state index is 10.9. The van der Waals surface area contributed by atoms with Gasteiger partial charge in [0.2, 0.25) is 0 Å². The van der Waals surface area contributed by atoms with E-state index in [0.29, 0.717) is 11.8 Å². The van der Waals surface area contributed by atoms with Crippen LogP contribution in [0.2, 0.25) is 0 Å². The molecule has 0 bridgehead atoms. The van der Waals surface area contributed by atoms with Crippen LogP contribution < -0.4 is 0 Å². The summed E-state index contributed by atoms with van der Waals surface area (Å²) < 4.78 is 12.0. The third kappa shape index (κ3) is 2.53. The number of hydrogen-bond acceptors (Lipinski definition) is 3. The Labute approximate surface area is 123 Å². The van der Waals surface area contributed by atoms with Crippen LogP contribution >= 0.6 is 0 Å². The fourth-order valence-electron chi connectivity index (χ4n) is 4.92. The first kappa shape index (κ1) is 14.8. The van der Waals surface area contributed by atoms with Crippen molar-refractivity contribution in [2.24, 2.45) is 17.8 Å². The summed E-state index contributed by atoms with van der Waals surface area (Å²) in [6.45, 7) is 7.31. The molecule has 116 valence electrons. The Hall–Kier alpha value is -0.120. The second-order valence-electron chi connectivity index (χ2n) is 7.46. The molecule has 1 aliphatic carbocycles. The van der Waals surface area contributed by atoms with Gasteiger partial charge >= 0.3 is 0 Å². The minimum atomic E-state index is -0.230. The third-order valence-corrected chi connectivity index (χ3v) is 6.24. The molecule has 0 aromatic carbocycles. The van der Waals surface area contributed by atoms with E-state index in [-0.39, 0.29) is 29.8 Å². The van der Waals surface area contributed by atoms with E-state index in [1.54, 1.807) is 0 Å². The van der Waals surface area contributed by atoms with Crippen molar-refractivity contribution in [3.05, 3.63) is 0 Å². The highest BCUT2D eigenvalue weighted by Crippen LogP contribution is 2.46. The standard InChI is InChI=1S/C17H30O3/c1-11-12(2)20-13(3)15(11)16(18)14-6-9-19-17(10-14)7-4-5-8-17/h11-16,18H,4-10H2,1-3H3. The van der Waals surface area contributed by atoms with E-state index in [1.165, 1.54) is 25.7 Å². The van der Waals surface area contributed by atoms with Gasteiger partial charge in [0.15, 0.2) is 0 Å². The van der Waals surface area contributed by atoms with Gasteiger partial charge in [-0.3, -0.25) is 0 Å². The van der Waals surface area contributed by atoms with Gasteiger partial charge in [0, 0.05) is 12.5 Å². The quantitative estimate of drug-likeness (QED) is 0.845. The molecule has 3 rings (SSSR count). The number of aliphatic hydroxyl groups is 1. The minimum Gasteiger partial charge on any atom is -0.392 e. The number of rotatable bonds is 2. The van der Waals surface area contributed by atoms with Crippen molar-refractivity contribution in [2.45, 2.75) is 83.2 Å². The van der Waals surface area contributed by atoms with Crippen molar-refractivity contribution in [2.75, 3.05) is 6.61 Å². The van der Waals surface area contributed by atoms with Crippen molar-refractivity contribution >= 4 is 0 Å². The lowest BCUT2D eigenvalue weighted by atomic mass is 9.73. The maximum Gasteiger partial charge on any atom is 0.0686 e. The van der Waals surface area contributed by atoms with Crippen LogP contribution in [0.15, 0.2) is 0 Å². The second-order valence-corrected chi connectivity index (χ2v) is 7.46. The second kappa shape index (κ2) is 5.58. The van der Waals surface area contributed by atoms with Gasteiger partial charge in [-0.15, -0.1) is 0 Å². The van der Waals surface area contributed by atoms with Gasteiger partial charge in [-0.2, -0.15) is 0 Å². The molecular weight excluding hydrogens is 252 g/mol. The van der Waals surface area contributed by atoms with Crippen molar-refractivity contribution in [1.82, 2.24) is 0 Å². The molecule has 2 aliphatic heterocycles. The molecule has 1 spiro atoms. The van der Waals surface area contributed by atoms with Crippen LogP contribution in [0.4, 0.5) is 0 Å². The molecular formula is C17H30O3. The Morgan fingerprint density at radius 1 is 1.10 bits per heavy atom. The monoisotopic (exact) mass is 282 g/mol. The van der Waals surface area contributed by atoms with E-state index >= 15 is 0 Å². The highest BCUT2D eigenvalue weighted by Gasteiger charge is 2.47. The molecule has 20 heavy (non-hydrogen) atoms. The molecule has 0 aromatic rings. The lowest BCUT2D eigenvalue weighted by Crippen LogP contribution is -2.45. The first-order valence-electron chi connectivity index (χ1n) is 8.50. The fraction of sp³-hybridized carbons (Fsp3) is 1.00. The van der Waals surface area contributed by atoms with E-state index in [1.807, 2.05) is 0 Å². The normalized spacial score (nSPS) is 45.9. The van der Waals surface area contributed by atoms with Crippen LogP contribution in [0.5, 0.6) is 0 Å². The number of aliphatic hydroxyl groups excluding tert-OH is 1. The smallest absolute Gasteiger partial charge is 0.0686 e. The molecule has 2 saturated heterocycles. The highest BCUT2D eigenvalue weighted by molar-refractivity contribution is 4.97. The minimum absolute atomic E-state index is 0.0987. The van der Waals surface area contributed by atoms with Crippen LogP contribution in [0, 0.1) is 17.8 Å².